The van der Waals surface area contributed by atoms with Crippen LogP contribution in [-0.2, 0) is 0 Å². The molecule has 0 bridgehead atoms. The molecule has 6 heteroatoms. The Hall–Kier alpha value is -2.47. The Bertz CT molecular complexity index is 734. The summed E-state index contributed by atoms with van der Waals surface area (Å²) in [4.78, 5) is 28.9. The highest BCUT2D eigenvalue weighted by Crippen LogP contribution is 2.16. The van der Waals surface area contributed by atoms with Crippen molar-refractivity contribution in [1.29, 1.82) is 0 Å². The highest BCUT2D eigenvalue weighted by atomic mass is 19.1. The number of carbonyl (C=O) groups is 1. The molecule has 0 spiro atoms. The fourth-order valence-corrected chi connectivity index (χ4v) is 2.48. The molecule has 0 saturated carbocycles. The number of hydrogen-bond acceptors (Lipinski definition) is 3. The van der Waals surface area contributed by atoms with E-state index in [0.717, 1.165) is 13.1 Å². The Morgan fingerprint density at radius 3 is 2.36 bits per heavy atom. The van der Waals surface area contributed by atoms with Gasteiger partial charge in [-0.1, -0.05) is 0 Å². The highest BCUT2D eigenvalue weighted by Gasteiger charge is 2.20. The number of amides is 1. The molecule has 22 heavy (non-hydrogen) atoms. The van der Waals surface area contributed by atoms with Crippen molar-refractivity contribution in [2.45, 2.75) is 0 Å². The largest absolute Gasteiger partial charge is 0.336 e. The van der Waals surface area contributed by atoms with Gasteiger partial charge in [-0.3, -0.25) is 9.59 Å². The van der Waals surface area contributed by atoms with E-state index in [1.165, 1.54) is 18.2 Å². The van der Waals surface area contributed by atoms with Gasteiger partial charge in [-0.25, -0.2) is 4.39 Å². The number of pyridine rings is 1. The maximum Gasteiger partial charge on any atom is 0.261 e. The Kier molecular flexibility index (Phi) is 4.02. The standard InChI is InChI=1S/C16H16FN3O2/c17-12-3-1-11(2-4-12)14-6-5-13(15(21)19-14)16(22)20-9-7-18-8-10-20/h1-6,18H,7-10H2,(H,19,21). The summed E-state index contributed by atoms with van der Waals surface area (Å²) in [6.07, 6.45) is 0. The molecular formula is C16H16FN3O2. The van der Waals surface area contributed by atoms with Crippen molar-refractivity contribution in [3.05, 3.63) is 58.1 Å². The quantitative estimate of drug-likeness (QED) is 0.877. The molecule has 1 amide bonds. The molecule has 5 nitrogen and oxygen atoms in total. The van der Waals surface area contributed by atoms with E-state index in [-0.39, 0.29) is 17.3 Å². The Morgan fingerprint density at radius 2 is 1.73 bits per heavy atom. The zero-order valence-corrected chi connectivity index (χ0v) is 11.9. The van der Waals surface area contributed by atoms with Crippen LogP contribution in [0.4, 0.5) is 4.39 Å². The van der Waals surface area contributed by atoms with E-state index in [1.807, 2.05) is 0 Å². The normalized spacial score (nSPS) is 14.9. The lowest BCUT2D eigenvalue weighted by molar-refractivity contribution is 0.0734. The lowest BCUT2D eigenvalue weighted by Gasteiger charge is -2.27. The van der Waals surface area contributed by atoms with Crippen LogP contribution in [0, 0.1) is 5.82 Å². The third-order valence-corrected chi connectivity index (χ3v) is 3.70. The molecule has 0 unspecified atom stereocenters. The van der Waals surface area contributed by atoms with Gasteiger partial charge in [-0.05, 0) is 42.0 Å². The van der Waals surface area contributed by atoms with Crippen LogP contribution in [0.5, 0.6) is 0 Å². The monoisotopic (exact) mass is 301 g/mol. The first-order chi connectivity index (χ1) is 10.6. The van der Waals surface area contributed by atoms with Gasteiger partial charge in [0, 0.05) is 31.9 Å². The molecule has 0 radical (unpaired) electrons. The molecule has 2 heterocycles. The lowest BCUT2D eigenvalue weighted by Crippen LogP contribution is -2.47. The number of nitrogens with one attached hydrogen (secondary N) is 2. The van der Waals surface area contributed by atoms with E-state index in [1.54, 1.807) is 23.1 Å². The molecule has 3 rings (SSSR count). The summed E-state index contributed by atoms with van der Waals surface area (Å²) in [6, 6.07) is 9.02. The Morgan fingerprint density at radius 1 is 1.05 bits per heavy atom. The van der Waals surface area contributed by atoms with E-state index in [9.17, 15) is 14.0 Å². The molecule has 0 aliphatic carbocycles. The summed E-state index contributed by atoms with van der Waals surface area (Å²) in [5, 5.41) is 3.16. The number of aromatic amines is 1. The fourth-order valence-electron chi connectivity index (χ4n) is 2.48. The molecule has 1 aliphatic heterocycles. The molecular weight excluding hydrogens is 285 g/mol. The van der Waals surface area contributed by atoms with Crippen LogP contribution in [0.3, 0.4) is 0 Å². The average Bonchev–Trinajstić information content (AvgIpc) is 2.56. The van der Waals surface area contributed by atoms with Gasteiger partial charge in [0.25, 0.3) is 11.5 Å². The third kappa shape index (κ3) is 2.92. The SMILES string of the molecule is O=C(c1ccc(-c2ccc(F)cc2)[nH]c1=O)N1CCNCC1. The first kappa shape index (κ1) is 14.5. The minimum absolute atomic E-state index is 0.132. The van der Waals surface area contributed by atoms with Crippen molar-refractivity contribution >= 4 is 5.91 Å². The summed E-state index contributed by atoms with van der Waals surface area (Å²) in [6.45, 7) is 2.66. The summed E-state index contributed by atoms with van der Waals surface area (Å²) in [7, 11) is 0. The van der Waals surface area contributed by atoms with E-state index in [4.69, 9.17) is 0 Å². The average molecular weight is 301 g/mol. The number of rotatable bonds is 2. The van der Waals surface area contributed by atoms with Crippen LogP contribution < -0.4 is 10.9 Å². The first-order valence-corrected chi connectivity index (χ1v) is 7.14. The predicted octanol–water partition coefficient (Wildman–Crippen LogP) is 1.23. The van der Waals surface area contributed by atoms with E-state index < -0.39 is 5.56 Å². The molecule has 1 aromatic carbocycles. The maximum atomic E-state index is 12.9. The molecule has 2 N–H and O–H groups in total. The van der Waals surface area contributed by atoms with Crippen LogP contribution in [0.2, 0.25) is 0 Å². The lowest BCUT2D eigenvalue weighted by atomic mass is 10.1. The molecule has 114 valence electrons. The van der Waals surface area contributed by atoms with Crippen molar-refractivity contribution in [3.8, 4) is 11.3 Å². The van der Waals surface area contributed by atoms with Gasteiger partial charge in [-0.2, -0.15) is 0 Å². The minimum Gasteiger partial charge on any atom is -0.336 e. The van der Waals surface area contributed by atoms with Gasteiger partial charge in [-0.15, -0.1) is 0 Å². The molecule has 1 aromatic heterocycles. The van der Waals surface area contributed by atoms with Gasteiger partial charge in [0.15, 0.2) is 0 Å². The first-order valence-electron chi connectivity index (χ1n) is 7.14. The molecule has 2 aromatic rings. The number of benzene rings is 1. The zero-order chi connectivity index (χ0) is 15.5. The summed E-state index contributed by atoms with van der Waals surface area (Å²) in [5.41, 5.74) is 0.958. The smallest absolute Gasteiger partial charge is 0.261 e. The van der Waals surface area contributed by atoms with Crippen molar-refractivity contribution in [3.63, 3.8) is 0 Å². The summed E-state index contributed by atoms with van der Waals surface area (Å²) < 4.78 is 12.9. The second-order valence-corrected chi connectivity index (χ2v) is 5.16. The number of hydrogen-bond donors (Lipinski definition) is 2. The van der Waals surface area contributed by atoms with Crippen LogP contribution in [-0.4, -0.2) is 42.0 Å². The topological polar surface area (TPSA) is 65.2 Å². The van der Waals surface area contributed by atoms with Crippen LogP contribution in [0.1, 0.15) is 10.4 Å². The van der Waals surface area contributed by atoms with Crippen molar-refractivity contribution in [2.75, 3.05) is 26.2 Å². The van der Waals surface area contributed by atoms with Gasteiger partial charge < -0.3 is 15.2 Å². The second-order valence-electron chi connectivity index (χ2n) is 5.16. The second kappa shape index (κ2) is 6.11. The summed E-state index contributed by atoms with van der Waals surface area (Å²) in [5.74, 6) is -0.593. The van der Waals surface area contributed by atoms with Gasteiger partial charge in [0.05, 0.1) is 0 Å². The highest BCUT2D eigenvalue weighted by molar-refractivity contribution is 5.94. The maximum absolute atomic E-state index is 12.9. The molecule has 0 atom stereocenters. The molecule has 1 saturated heterocycles. The number of nitrogens with zero attached hydrogens (tertiary/aromatic N) is 1. The third-order valence-electron chi connectivity index (χ3n) is 3.70. The van der Waals surface area contributed by atoms with Crippen LogP contribution >= 0.6 is 0 Å². The van der Waals surface area contributed by atoms with Crippen molar-refractivity contribution in [2.24, 2.45) is 0 Å². The fraction of sp³-hybridized carbons (Fsp3) is 0.250. The predicted molar refractivity (Wildman–Crippen MR) is 81.2 cm³/mol. The van der Waals surface area contributed by atoms with Crippen molar-refractivity contribution in [1.82, 2.24) is 15.2 Å². The van der Waals surface area contributed by atoms with Crippen molar-refractivity contribution < 1.29 is 9.18 Å². The Labute approximate surface area is 126 Å². The van der Waals surface area contributed by atoms with Crippen LogP contribution in [0.15, 0.2) is 41.2 Å². The minimum atomic E-state index is -0.426. The number of aromatic nitrogens is 1. The van der Waals surface area contributed by atoms with Crippen LogP contribution in [0.25, 0.3) is 11.3 Å². The van der Waals surface area contributed by atoms with E-state index in [0.29, 0.717) is 24.3 Å². The number of halogens is 1. The zero-order valence-electron chi connectivity index (χ0n) is 11.9. The van der Waals surface area contributed by atoms with E-state index in [2.05, 4.69) is 10.3 Å². The van der Waals surface area contributed by atoms with Gasteiger partial charge in [0.2, 0.25) is 0 Å². The van der Waals surface area contributed by atoms with Gasteiger partial charge >= 0.3 is 0 Å². The molecule has 1 aliphatic rings. The molecule has 1 fully saturated rings. The Balaban J connectivity index is 1.87. The number of piperazine rings is 1. The number of carbonyl (C=O) groups excluding carboxylic acids is 1. The van der Waals surface area contributed by atoms with E-state index >= 15 is 0 Å². The van der Waals surface area contributed by atoms with Gasteiger partial charge in [0.1, 0.15) is 11.4 Å². The number of H-pyrrole nitrogens is 1. The summed E-state index contributed by atoms with van der Waals surface area (Å²) >= 11 is 0.